The van der Waals surface area contributed by atoms with Crippen LogP contribution in [-0.4, -0.2) is 58.9 Å². The number of carbonyl (C=O) groups excluding carboxylic acids is 1. The Morgan fingerprint density at radius 1 is 1.10 bits per heavy atom. The Morgan fingerprint density at radius 2 is 1.84 bits per heavy atom. The molecule has 1 unspecified atom stereocenters. The molecule has 1 fully saturated rings. The number of amides is 1. The Hall–Kier alpha value is -2.48. The topological polar surface area (TPSA) is 67.3 Å². The van der Waals surface area contributed by atoms with E-state index in [1.165, 1.54) is 17.3 Å². The zero-order valence-corrected chi connectivity index (χ0v) is 18.6. The normalized spacial score (nSPS) is 15.6. The molecule has 2 heterocycles. The van der Waals surface area contributed by atoms with Gasteiger partial charge in [0.1, 0.15) is 10.9 Å². The van der Waals surface area contributed by atoms with Crippen LogP contribution in [-0.2, 0) is 22.5 Å². The van der Waals surface area contributed by atoms with E-state index in [9.17, 15) is 4.79 Å². The number of carbonyl (C=O) groups is 1. The molecule has 0 spiro atoms. The third kappa shape index (κ3) is 6.03. The Bertz CT molecular complexity index is 1010. The maximum Gasteiger partial charge on any atom is 0.233 e. The number of morpholine rings is 1. The Labute approximate surface area is 187 Å². The summed E-state index contributed by atoms with van der Waals surface area (Å²) in [7, 11) is 0. The monoisotopic (exact) mass is 436 g/mol. The van der Waals surface area contributed by atoms with Crippen molar-refractivity contribution < 1.29 is 9.53 Å². The predicted octanol–water partition coefficient (Wildman–Crippen LogP) is 3.30. The second-order valence-corrected chi connectivity index (χ2v) is 8.97. The lowest BCUT2D eigenvalue weighted by Gasteiger charge is -2.26. The van der Waals surface area contributed by atoms with Crippen molar-refractivity contribution in [2.24, 2.45) is 0 Å². The van der Waals surface area contributed by atoms with Crippen molar-refractivity contribution in [3.63, 3.8) is 0 Å². The number of fused-ring (bicyclic) bond motifs is 1. The van der Waals surface area contributed by atoms with Crippen LogP contribution in [0.2, 0.25) is 0 Å². The van der Waals surface area contributed by atoms with E-state index in [0.29, 0.717) is 13.1 Å². The minimum absolute atomic E-state index is 0.0263. The highest BCUT2D eigenvalue weighted by Gasteiger charge is 2.19. The van der Waals surface area contributed by atoms with Crippen LogP contribution in [0, 0.1) is 0 Å². The smallest absolute Gasteiger partial charge is 0.233 e. The van der Waals surface area contributed by atoms with E-state index in [0.717, 1.165) is 54.5 Å². The quantitative estimate of drug-likeness (QED) is 0.432. The standard InChI is InChI=1S/C24H28N4O2S/c1-18(23(29)25-12-11-19-7-3-2-4-8-19)31-24-20-9-5-6-10-21(20)26-22(27-24)17-28-13-15-30-16-14-28/h2-10,18H,11-17H2,1H3,(H,25,29). The molecule has 1 saturated heterocycles. The number of thioether (sulfide) groups is 1. The van der Waals surface area contributed by atoms with E-state index in [1.807, 2.05) is 49.4 Å². The van der Waals surface area contributed by atoms with Gasteiger partial charge in [-0.15, -0.1) is 0 Å². The molecule has 1 aliphatic rings. The number of hydrogen-bond acceptors (Lipinski definition) is 6. The average Bonchev–Trinajstić information content (AvgIpc) is 2.80. The molecule has 1 N–H and O–H groups in total. The predicted molar refractivity (Wildman–Crippen MR) is 124 cm³/mol. The fourth-order valence-corrected chi connectivity index (χ4v) is 4.54. The fraction of sp³-hybridized carbons (Fsp3) is 0.375. The van der Waals surface area contributed by atoms with Gasteiger partial charge in [-0.2, -0.15) is 0 Å². The van der Waals surface area contributed by atoms with Gasteiger partial charge >= 0.3 is 0 Å². The van der Waals surface area contributed by atoms with E-state index in [4.69, 9.17) is 14.7 Å². The van der Waals surface area contributed by atoms with Crippen LogP contribution in [0.25, 0.3) is 10.9 Å². The number of para-hydroxylation sites is 1. The van der Waals surface area contributed by atoms with Gasteiger partial charge in [0.25, 0.3) is 0 Å². The molecule has 0 radical (unpaired) electrons. The molecule has 31 heavy (non-hydrogen) atoms. The second kappa shape index (κ2) is 10.7. The zero-order valence-electron chi connectivity index (χ0n) is 17.8. The number of aromatic nitrogens is 2. The van der Waals surface area contributed by atoms with E-state index >= 15 is 0 Å². The summed E-state index contributed by atoms with van der Waals surface area (Å²) in [4.78, 5) is 24.6. The molecule has 1 aliphatic heterocycles. The lowest BCUT2D eigenvalue weighted by molar-refractivity contribution is -0.120. The molecular formula is C24H28N4O2S. The van der Waals surface area contributed by atoms with Crippen LogP contribution in [0.5, 0.6) is 0 Å². The Kier molecular flexibility index (Phi) is 7.51. The molecule has 4 rings (SSSR count). The summed E-state index contributed by atoms with van der Waals surface area (Å²) in [6.07, 6.45) is 0.824. The van der Waals surface area contributed by atoms with Crippen LogP contribution in [0.1, 0.15) is 18.3 Å². The molecule has 0 bridgehead atoms. The van der Waals surface area contributed by atoms with Gasteiger partial charge in [0.05, 0.1) is 30.5 Å². The van der Waals surface area contributed by atoms with Gasteiger partial charge in [0.15, 0.2) is 0 Å². The molecule has 6 nitrogen and oxygen atoms in total. The molecule has 2 aromatic carbocycles. The molecule has 3 aromatic rings. The third-order valence-electron chi connectivity index (χ3n) is 5.30. The number of hydrogen-bond donors (Lipinski definition) is 1. The van der Waals surface area contributed by atoms with Crippen molar-refractivity contribution in [2.75, 3.05) is 32.8 Å². The van der Waals surface area contributed by atoms with Crippen molar-refractivity contribution in [2.45, 2.75) is 30.2 Å². The summed E-state index contributed by atoms with van der Waals surface area (Å²) in [5, 5.41) is 4.66. The number of rotatable bonds is 8. The minimum Gasteiger partial charge on any atom is -0.379 e. The van der Waals surface area contributed by atoms with Crippen LogP contribution >= 0.6 is 11.8 Å². The molecule has 162 valence electrons. The van der Waals surface area contributed by atoms with E-state index in [-0.39, 0.29) is 11.2 Å². The SMILES string of the molecule is CC(Sc1nc(CN2CCOCC2)nc2ccccc12)C(=O)NCCc1ccccc1. The van der Waals surface area contributed by atoms with Gasteiger partial charge in [-0.05, 0) is 25.0 Å². The first-order chi connectivity index (χ1) is 15.2. The lowest BCUT2D eigenvalue weighted by Crippen LogP contribution is -2.36. The highest BCUT2D eigenvalue weighted by molar-refractivity contribution is 8.00. The van der Waals surface area contributed by atoms with Gasteiger partial charge in [0.2, 0.25) is 5.91 Å². The van der Waals surface area contributed by atoms with E-state index < -0.39 is 0 Å². The first-order valence-electron chi connectivity index (χ1n) is 10.7. The van der Waals surface area contributed by atoms with Crippen molar-refractivity contribution in [1.82, 2.24) is 20.2 Å². The van der Waals surface area contributed by atoms with E-state index in [2.05, 4.69) is 22.3 Å². The lowest BCUT2D eigenvalue weighted by atomic mass is 10.1. The number of ether oxygens (including phenoxy) is 1. The third-order valence-corrected chi connectivity index (χ3v) is 6.40. The fourth-order valence-electron chi connectivity index (χ4n) is 3.55. The van der Waals surface area contributed by atoms with Crippen LogP contribution in [0.15, 0.2) is 59.6 Å². The van der Waals surface area contributed by atoms with Crippen molar-refractivity contribution in [3.8, 4) is 0 Å². The molecule has 1 amide bonds. The van der Waals surface area contributed by atoms with Crippen LogP contribution < -0.4 is 5.32 Å². The maximum atomic E-state index is 12.7. The van der Waals surface area contributed by atoms with Crippen molar-refractivity contribution in [3.05, 3.63) is 66.0 Å². The van der Waals surface area contributed by atoms with Crippen molar-refractivity contribution in [1.29, 1.82) is 0 Å². The first kappa shape index (κ1) is 21.7. The highest BCUT2D eigenvalue weighted by atomic mass is 32.2. The van der Waals surface area contributed by atoms with Crippen LogP contribution in [0.3, 0.4) is 0 Å². The largest absolute Gasteiger partial charge is 0.379 e. The second-order valence-electron chi connectivity index (χ2n) is 7.64. The number of nitrogens with one attached hydrogen (secondary N) is 1. The molecule has 0 saturated carbocycles. The number of benzene rings is 2. The maximum absolute atomic E-state index is 12.7. The van der Waals surface area contributed by atoms with Gasteiger partial charge in [-0.25, -0.2) is 9.97 Å². The summed E-state index contributed by atoms with van der Waals surface area (Å²) in [5.41, 5.74) is 2.14. The summed E-state index contributed by atoms with van der Waals surface area (Å²) in [5.74, 6) is 0.818. The Balaban J connectivity index is 1.42. The minimum atomic E-state index is -0.245. The molecular weight excluding hydrogens is 408 g/mol. The summed E-state index contributed by atoms with van der Waals surface area (Å²) in [6.45, 7) is 6.52. The summed E-state index contributed by atoms with van der Waals surface area (Å²) < 4.78 is 5.44. The summed E-state index contributed by atoms with van der Waals surface area (Å²) >= 11 is 1.50. The summed E-state index contributed by atoms with van der Waals surface area (Å²) in [6, 6.07) is 18.2. The average molecular weight is 437 g/mol. The zero-order chi connectivity index (χ0) is 21.5. The molecule has 7 heteroatoms. The van der Waals surface area contributed by atoms with Gasteiger partial charge in [-0.1, -0.05) is 60.3 Å². The van der Waals surface area contributed by atoms with Crippen molar-refractivity contribution >= 4 is 28.6 Å². The van der Waals surface area contributed by atoms with Gasteiger partial charge in [0, 0.05) is 25.0 Å². The van der Waals surface area contributed by atoms with E-state index in [1.54, 1.807) is 0 Å². The molecule has 1 atom stereocenters. The Morgan fingerprint density at radius 3 is 2.65 bits per heavy atom. The van der Waals surface area contributed by atoms with Crippen LogP contribution in [0.4, 0.5) is 0 Å². The molecule has 0 aliphatic carbocycles. The molecule has 1 aromatic heterocycles. The first-order valence-corrected chi connectivity index (χ1v) is 11.6. The number of nitrogens with zero attached hydrogens (tertiary/aromatic N) is 3. The van der Waals surface area contributed by atoms with Gasteiger partial charge in [-0.3, -0.25) is 9.69 Å². The highest BCUT2D eigenvalue weighted by Crippen LogP contribution is 2.29. The van der Waals surface area contributed by atoms with Gasteiger partial charge < -0.3 is 10.1 Å².